The van der Waals surface area contributed by atoms with E-state index >= 15 is 0 Å². The van der Waals surface area contributed by atoms with E-state index < -0.39 is 0 Å². The highest BCUT2D eigenvalue weighted by Crippen LogP contribution is 2.25. The Balaban J connectivity index is 1.86. The maximum absolute atomic E-state index is 6.07. The van der Waals surface area contributed by atoms with E-state index in [1.807, 2.05) is 18.2 Å². The minimum Gasteiger partial charge on any atom is -0.379 e. The number of hydrogen-bond donors (Lipinski definition) is 1. The molecule has 0 spiro atoms. The summed E-state index contributed by atoms with van der Waals surface area (Å²) in [4.78, 5) is 2.43. The normalized spacial score (nSPS) is 19.8. The van der Waals surface area contributed by atoms with E-state index in [2.05, 4.69) is 24.1 Å². The summed E-state index contributed by atoms with van der Waals surface area (Å²) in [6.07, 6.45) is 0. The van der Waals surface area contributed by atoms with Gasteiger partial charge in [-0.05, 0) is 31.5 Å². The molecule has 0 aliphatic carbocycles. The highest BCUT2D eigenvalue weighted by molar-refractivity contribution is 6.42. The van der Waals surface area contributed by atoms with Gasteiger partial charge in [0.2, 0.25) is 0 Å². The van der Waals surface area contributed by atoms with Gasteiger partial charge in [-0.1, -0.05) is 29.3 Å². The van der Waals surface area contributed by atoms with Crippen LogP contribution in [0, 0.1) is 0 Å². The minimum absolute atomic E-state index is 0.251. The third kappa shape index (κ3) is 4.61. The molecule has 0 saturated carbocycles. The van der Waals surface area contributed by atoms with Crippen molar-refractivity contribution in [2.45, 2.75) is 25.9 Å². The molecule has 0 radical (unpaired) electrons. The second kappa shape index (κ2) is 7.62. The third-order valence-corrected chi connectivity index (χ3v) is 4.35. The standard InChI is InChI=1S/C15H22Cl2N2O/c1-11(10-19-5-7-20-8-6-19)18-12(2)13-3-4-14(16)15(17)9-13/h3-4,9,11-12,18H,5-8,10H2,1-2H3. The summed E-state index contributed by atoms with van der Waals surface area (Å²) in [7, 11) is 0. The second-order valence-corrected chi connectivity index (χ2v) is 6.19. The molecule has 1 aliphatic rings. The molecule has 1 aromatic carbocycles. The topological polar surface area (TPSA) is 24.5 Å². The predicted octanol–water partition coefficient (Wildman–Crippen LogP) is 3.36. The van der Waals surface area contributed by atoms with Gasteiger partial charge >= 0.3 is 0 Å². The molecule has 0 aromatic heterocycles. The molecule has 1 fully saturated rings. The average Bonchev–Trinajstić information content (AvgIpc) is 2.42. The molecule has 1 heterocycles. The van der Waals surface area contributed by atoms with E-state index in [1.165, 1.54) is 0 Å². The van der Waals surface area contributed by atoms with Crippen LogP contribution in [0.5, 0.6) is 0 Å². The molecule has 3 nitrogen and oxygen atoms in total. The number of benzene rings is 1. The Morgan fingerprint density at radius 3 is 2.55 bits per heavy atom. The fourth-order valence-corrected chi connectivity index (χ4v) is 2.83. The van der Waals surface area contributed by atoms with E-state index in [0.717, 1.165) is 38.4 Å². The maximum Gasteiger partial charge on any atom is 0.0595 e. The Morgan fingerprint density at radius 1 is 1.20 bits per heavy atom. The van der Waals surface area contributed by atoms with Crippen LogP contribution >= 0.6 is 23.2 Å². The van der Waals surface area contributed by atoms with Crippen LogP contribution < -0.4 is 5.32 Å². The first-order valence-corrected chi connectivity index (χ1v) is 7.83. The van der Waals surface area contributed by atoms with Gasteiger partial charge in [0.15, 0.2) is 0 Å². The molecule has 2 atom stereocenters. The Kier molecular flexibility index (Phi) is 6.12. The molecule has 5 heteroatoms. The Morgan fingerprint density at radius 2 is 1.90 bits per heavy atom. The lowest BCUT2D eigenvalue weighted by Crippen LogP contribution is -2.44. The number of rotatable bonds is 5. The molecule has 2 rings (SSSR count). The van der Waals surface area contributed by atoms with Crippen LogP contribution in [0.2, 0.25) is 10.0 Å². The molecule has 1 saturated heterocycles. The maximum atomic E-state index is 6.07. The van der Waals surface area contributed by atoms with Crippen molar-refractivity contribution in [3.05, 3.63) is 33.8 Å². The van der Waals surface area contributed by atoms with Crippen LogP contribution in [0.3, 0.4) is 0 Å². The van der Waals surface area contributed by atoms with E-state index in [4.69, 9.17) is 27.9 Å². The van der Waals surface area contributed by atoms with Crippen molar-refractivity contribution >= 4 is 23.2 Å². The minimum atomic E-state index is 0.251. The van der Waals surface area contributed by atoms with Crippen molar-refractivity contribution in [2.75, 3.05) is 32.8 Å². The van der Waals surface area contributed by atoms with Crippen molar-refractivity contribution in [3.63, 3.8) is 0 Å². The van der Waals surface area contributed by atoms with Gasteiger partial charge in [0.25, 0.3) is 0 Å². The summed E-state index contributed by atoms with van der Waals surface area (Å²) >= 11 is 12.0. The lowest BCUT2D eigenvalue weighted by Gasteiger charge is -2.30. The molecular formula is C15H22Cl2N2O. The Hall–Kier alpha value is -0.320. The zero-order valence-corrected chi connectivity index (χ0v) is 13.5. The number of nitrogens with one attached hydrogen (secondary N) is 1. The monoisotopic (exact) mass is 316 g/mol. The molecule has 20 heavy (non-hydrogen) atoms. The largest absolute Gasteiger partial charge is 0.379 e. The van der Waals surface area contributed by atoms with Gasteiger partial charge in [0.05, 0.1) is 23.3 Å². The van der Waals surface area contributed by atoms with E-state index in [-0.39, 0.29) is 6.04 Å². The van der Waals surface area contributed by atoms with Crippen LogP contribution in [-0.4, -0.2) is 43.8 Å². The second-order valence-electron chi connectivity index (χ2n) is 5.38. The Labute approximate surface area is 131 Å². The SMILES string of the molecule is CC(CN1CCOCC1)NC(C)c1ccc(Cl)c(Cl)c1. The van der Waals surface area contributed by atoms with E-state index in [1.54, 1.807) is 0 Å². The van der Waals surface area contributed by atoms with Crippen molar-refractivity contribution < 1.29 is 4.74 Å². The van der Waals surface area contributed by atoms with E-state index in [0.29, 0.717) is 16.1 Å². The summed E-state index contributed by atoms with van der Waals surface area (Å²) in [5.74, 6) is 0. The van der Waals surface area contributed by atoms with Crippen molar-refractivity contribution in [1.29, 1.82) is 0 Å². The van der Waals surface area contributed by atoms with Crippen molar-refractivity contribution in [1.82, 2.24) is 10.2 Å². The van der Waals surface area contributed by atoms with Gasteiger partial charge in [-0.25, -0.2) is 0 Å². The van der Waals surface area contributed by atoms with Gasteiger partial charge in [0, 0.05) is 31.7 Å². The highest BCUT2D eigenvalue weighted by atomic mass is 35.5. The van der Waals surface area contributed by atoms with Gasteiger partial charge in [-0.15, -0.1) is 0 Å². The molecule has 0 amide bonds. The highest BCUT2D eigenvalue weighted by Gasteiger charge is 2.16. The number of ether oxygens (including phenoxy) is 1. The smallest absolute Gasteiger partial charge is 0.0595 e. The molecule has 2 unspecified atom stereocenters. The lowest BCUT2D eigenvalue weighted by atomic mass is 10.1. The summed E-state index contributed by atoms with van der Waals surface area (Å²) in [6, 6.07) is 6.47. The number of morpholine rings is 1. The summed E-state index contributed by atoms with van der Waals surface area (Å²) in [6.45, 7) is 9.12. The first-order valence-electron chi connectivity index (χ1n) is 7.07. The summed E-state index contributed by atoms with van der Waals surface area (Å²) < 4.78 is 5.37. The first kappa shape index (κ1) is 16.1. The predicted molar refractivity (Wildman–Crippen MR) is 84.7 cm³/mol. The molecule has 1 aromatic rings. The van der Waals surface area contributed by atoms with Gasteiger partial charge < -0.3 is 10.1 Å². The van der Waals surface area contributed by atoms with Gasteiger partial charge in [-0.2, -0.15) is 0 Å². The quantitative estimate of drug-likeness (QED) is 0.901. The summed E-state index contributed by atoms with van der Waals surface area (Å²) in [5, 5.41) is 4.82. The average molecular weight is 317 g/mol. The van der Waals surface area contributed by atoms with Crippen LogP contribution in [0.25, 0.3) is 0 Å². The lowest BCUT2D eigenvalue weighted by molar-refractivity contribution is 0.0339. The number of halogens is 2. The molecular weight excluding hydrogens is 295 g/mol. The van der Waals surface area contributed by atoms with Crippen LogP contribution in [-0.2, 0) is 4.74 Å². The van der Waals surface area contributed by atoms with E-state index in [9.17, 15) is 0 Å². The van der Waals surface area contributed by atoms with Crippen molar-refractivity contribution in [3.8, 4) is 0 Å². The van der Waals surface area contributed by atoms with Gasteiger partial charge in [0.1, 0.15) is 0 Å². The molecule has 0 bridgehead atoms. The molecule has 1 aliphatic heterocycles. The zero-order valence-electron chi connectivity index (χ0n) is 12.0. The first-order chi connectivity index (χ1) is 9.56. The van der Waals surface area contributed by atoms with Crippen LogP contribution in [0.15, 0.2) is 18.2 Å². The number of nitrogens with zero attached hydrogens (tertiary/aromatic N) is 1. The van der Waals surface area contributed by atoms with Crippen molar-refractivity contribution in [2.24, 2.45) is 0 Å². The third-order valence-electron chi connectivity index (χ3n) is 3.61. The number of hydrogen-bond acceptors (Lipinski definition) is 3. The van der Waals surface area contributed by atoms with Gasteiger partial charge in [-0.3, -0.25) is 4.90 Å². The van der Waals surface area contributed by atoms with Crippen LogP contribution in [0.4, 0.5) is 0 Å². The molecule has 1 N–H and O–H groups in total. The summed E-state index contributed by atoms with van der Waals surface area (Å²) in [5.41, 5.74) is 1.16. The fraction of sp³-hybridized carbons (Fsp3) is 0.600. The zero-order chi connectivity index (χ0) is 14.5. The Bertz CT molecular complexity index is 436. The molecule has 112 valence electrons. The van der Waals surface area contributed by atoms with Crippen LogP contribution in [0.1, 0.15) is 25.5 Å². The fourth-order valence-electron chi connectivity index (χ4n) is 2.53.